The number of hydrogen-bond acceptors (Lipinski definition) is 4. The molecule has 0 aromatic heterocycles. The molecule has 1 aliphatic rings. The highest BCUT2D eigenvalue weighted by molar-refractivity contribution is 5.68. The van der Waals surface area contributed by atoms with Gasteiger partial charge in [0.25, 0.3) is 0 Å². The number of rotatable bonds is 5. The molecule has 1 atom stereocenters. The number of methoxy groups -OCH3 is 1. The van der Waals surface area contributed by atoms with Crippen molar-refractivity contribution in [1.29, 1.82) is 0 Å². The van der Waals surface area contributed by atoms with Crippen LogP contribution in [0.15, 0.2) is 18.2 Å². The van der Waals surface area contributed by atoms with Gasteiger partial charge < -0.3 is 20.7 Å². The van der Waals surface area contributed by atoms with E-state index in [1.54, 1.807) is 7.11 Å². The van der Waals surface area contributed by atoms with Crippen LogP contribution in [0.25, 0.3) is 0 Å². The smallest absolute Gasteiger partial charge is 0.121 e. The minimum atomic E-state index is 0.728. The van der Waals surface area contributed by atoms with Crippen molar-refractivity contribution in [1.82, 2.24) is 4.90 Å². The van der Waals surface area contributed by atoms with E-state index in [2.05, 4.69) is 17.1 Å². The SMILES string of the molecule is CCN1CCC(CNc2ccc(OC)cc2N)C1. The summed E-state index contributed by atoms with van der Waals surface area (Å²) >= 11 is 0. The van der Waals surface area contributed by atoms with Crippen LogP contribution in [0.4, 0.5) is 11.4 Å². The van der Waals surface area contributed by atoms with Crippen LogP contribution < -0.4 is 15.8 Å². The van der Waals surface area contributed by atoms with Crippen LogP contribution in [-0.2, 0) is 0 Å². The van der Waals surface area contributed by atoms with Crippen LogP contribution in [0.1, 0.15) is 13.3 Å². The average molecular weight is 249 g/mol. The molecule has 1 unspecified atom stereocenters. The minimum Gasteiger partial charge on any atom is -0.497 e. The van der Waals surface area contributed by atoms with Crippen LogP contribution >= 0.6 is 0 Å². The molecule has 0 bridgehead atoms. The van der Waals surface area contributed by atoms with E-state index in [0.717, 1.165) is 36.1 Å². The fourth-order valence-corrected chi connectivity index (χ4v) is 2.45. The number of hydrogen-bond donors (Lipinski definition) is 2. The molecule has 4 nitrogen and oxygen atoms in total. The van der Waals surface area contributed by atoms with Gasteiger partial charge in [-0.15, -0.1) is 0 Å². The topological polar surface area (TPSA) is 50.5 Å². The van der Waals surface area contributed by atoms with E-state index in [1.165, 1.54) is 19.5 Å². The van der Waals surface area contributed by atoms with Gasteiger partial charge in [0.15, 0.2) is 0 Å². The van der Waals surface area contributed by atoms with Crippen molar-refractivity contribution in [2.24, 2.45) is 5.92 Å². The highest BCUT2D eigenvalue weighted by Crippen LogP contribution is 2.25. The molecule has 1 fully saturated rings. The Morgan fingerprint density at radius 2 is 2.33 bits per heavy atom. The van der Waals surface area contributed by atoms with Gasteiger partial charge in [0.2, 0.25) is 0 Å². The van der Waals surface area contributed by atoms with Gasteiger partial charge in [0.1, 0.15) is 5.75 Å². The highest BCUT2D eigenvalue weighted by Gasteiger charge is 2.20. The number of nitrogen functional groups attached to an aromatic ring is 1. The summed E-state index contributed by atoms with van der Waals surface area (Å²) in [4.78, 5) is 2.49. The Hall–Kier alpha value is -1.42. The predicted octanol–water partition coefficient (Wildman–Crippen LogP) is 2.03. The molecule has 0 amide bonds. The molecule has 18 heavy (non-hydrogen) atoms. The molecular weight excluding hydrogens is 226 g/mol. The number of ether oxygens (including phenoxy) is 1. The summed E-state index contributed by atoms with van der Waals surface area (Å²) in [6.45, 7) is 6.78. The largest absolute Gasteiger partial charge is 0.497 e. The van der Waals surface area contributed by atoms with Crippen LogP contribution in [0.2, 0.25) is 0 Å². The molecule has 1 aromatic carbocycles. The van der Waals surface area contributed by atoms with E-state index < -0.39 is 0 Å². The summed E-state index contributed by atoms with van der Waals surface area (Å²) in [6, 6.07) is 5.78. The van der Waals surface area contributed by atoms with Crippen LogP contribution in [0, 0.1) is 5.92 Å². The maximum Gasteiger partial charge on any atom is 0.121 e. The van der Waals surface area contributed by atoms with Crippen LogP contribution in [0.5, 0.6) is 5.75 Å². The summed E-state index contributed by atoms with van der Waals surface area (Å²) < 4.78 is 5.14. The summed E-state index contributed by atoms with van der Waals surface area (Å²) in [5, 5.41) is 3.44. The first-order valence-corrected chi connectivity index (χ1v) is 6.62. The van der Waals surface area contributed by atoms with E-state index in [4.69, 9.17) is 10.5 Å². The molecule has 2 rings (SSSR count). The highest BCUT2D eigenvalue weighted by atomic mass is 16.5. The van der Waals surface area contributed by atoms with Crippen molar-refractivity contribution in [2.75, 3.05) is 44.3 Å². The van der Waals surface area contributed by atoms with Crippen molar-refractivity contribution in [2.45, 2.75) is 13.3 Å². The summed E-state index contributed by atoms with van der Waals surface area (Å²) in [6.07, 6.45) is 1.27. The number of nitrogens with zero attached hydrogens (tertiary/aromatic N) is 1. The van der Waals surface area contributed by atoms with Gasteiger partial charge >= 0.3 is 0 Å². The molecule has 0 radical (unpaired) electrons. The maximum atomic E-state index is 5.98. The molecule has 0 saturated carbocycles. The molecule has 1 heterocycles. The Morgan fingerprint density at radius 1 is 1.50 bits per heavy atom. The molecule has 0 aliphatic carbocycles. The van der Waals surface area contributed by atoms with Gasteiger partial charge in [-0.1, -0.05) is 6.92 Å². The number of benzene rings is 1. The Bertz CT molecular complexity index is 395. The summed E-state index contributed by atoms with van der Waals surface area (Å²) in [7, 11) is 1.65. The van der Waals surface area contributed by atoms with E-state index in [1.807, 2.05) is 18.2 Å². The first-order valence-electron chi connectivity index (χ1n) is 6.62. The van der Waals surface area contributed by atoms with E-state index in [9.17, 15) is 0 Å². The third-order valence-corrected chi connectivity index (χ3v) is 3.66. The van der Waals surface area contributed by atoms with Crippen molar-refractivity contribution in [3.63, 3.8) is 0 Å². The zero-order chi connectivity index (χ0) is 13.0. The number of anilines is 2. The van der Waals surface area contributed by atoms with Gasteiger partial charge in [-0.05, 0) is 37.6 Å². The fraction of sp³-hybridized carbons (Fsp3) is 0.571. The van der Waals surface area contributed by atoms with E-state index in [0.29, 0.717) is 0 Å². The molecule has 4 heteroatoms. The Labute approximate surface area is 109 Å². The van der Waals surface area contributed by atoms with Crippen molar-refractivity contribution < 1.29 is 4.74 Å². The lowest BCUT2D eigenvalue weighted by atomic mass is 10.1. The van der Waals surface area contributed by atoms with Crippen molar-refractivity contribution in [3.8, 4) is 5.75 Å². The number of nitrogens with one attached hydrogen (secondary N) is 1. The minimum absolute atomic E-state index is 0.728. The number of likely N-dealkylation sites (tertiary alicyclic amines) is 1. The van der Waals surface area contributed by atoms with Gasteiger partial charge in [0, 0.05) is 19.2 Å². The molecule has 100 valence electrons. The fourth-order valence-electron chi connectivity index (χ4n) is 2.45. The van der Waals surface area contributed by atoms with Gasteiger partial charge in [-0.2, -0.15) is 0 Å². The van der Waals surface area contributed by atoms with E-state index in [-0.39, 0.29) is 0 Å². The zero-order valence-electron chi connectivity index (χ0n) is 11.3. The van der Waals surface area contributed by atoms with Gasteiger partial charge in [0.05, 0.1) is 18.5 Å². The first-order chi connectivity index (χ1) is 8.72. The molecule has 1 aromatic rings. The standard InChI is InChI=1S/C14H23N3O/c1-3-17-7-6-11(10-17)9-16-14-5-4-12(18-2)8-13(14)15/h4-5,8,11,16H,3,6-7,9-10,15H2,1-2H3. The number of nitrogens with two attached hydrogens (primary N) is 1. The van der Waals surface area contributed by atoms with Gasteiger partial charge in [-0.3, -0.25) is 0 Å². The Morgan fingerprint density at radius 3 is 2.94 bits per heavy atom. The Kier molecular flexibility index (Phi) is 4.31. The monoisotopic (exact) mass is 249 g/mol. The normalized spacial score (nSPS) is 20.0. The lowest BCUT2D eigenvalue weighted by Crippen LogP contribution is -2.22. The summed E-state index contributed by atoms with van der Waals surface area (Å²) in [5.41, 5.74) is 7.74. The lowest BCUT2D eigenvalue weighted by molar-refractivity contribution is 0.345. The van der Waals surface area contributed by atoms with Gasteiger partial charge in [-0.25, -0.2) is 0 Å². The molecule has 1 saturated heterocycles. The van der Waals surface area contributed by atoms with Crippen LogP contribution in [0.3, 0.4) is 0 Å². The second-order valence-corrected chi connectivity index (χ2v) is 4.88. The second-order valence-electron chi connectivity index (χ2n) is 4.88. The zero-order valence-corrected chi connectivity index (χ0v) is 11.3. The first kappa shape index (κ1) is 13.0. The third-order valence-electron chi connectivity index (χ3n) is 3.66. The molecule has 1 aliphatic heterocycles. The Balaban J connectivity index is 1.87. The maximum absolute atomic E-state index is 5.98. The summed E-state index contributed by atoms with van der Waals surface area (Å²) in [5.74, 6) is 1.53. The third kappa shape index (κ3) is 3.07. The molecule has 3 N–H and O–H groups in total. The predicted molar refractivity (Wildman–Crippen MR) is 76.1 cm³/mol. The van der Waals surface area contributed by atoms with E-state index >= 15 is 0 Å². The average Bonchev–Trinajstić information content (AvgIpc) is 2.85. The lowest BCUT2D eigenvalue weighted by Gasteiger charge is -2.15. The quantitative estimate of drug-likeness (QED) is 0.784. The van der Waals surface area contributed by atoms with Crippen LogP contribution in [-0.4, -0.2) is 38.2 Å². The van der Waals surface area contributed by atoms with Crippen molar-refractivity contribution in [3.05, 3.63) is 18.2 Å². The molecule has 0 spiro atoms. The second kappa shape index (κ2) is 5.96. The van der Waals surface area contributed by atoms with Crippen molar-refractivity contribution >= 4 is 11.4 Å². The molecular formula is C14H23N3O.